The third kappa shape index (κ3) is 6.77. The molecule has 0 aliphatic carbocycles. The van der Waals surface area contributed by atoms with Crippen LogP contribution in [-0.2, 0) is 4.79 Å². The van der Waals surface area contributed by atoms with Gasteiger partial charge in [0.25, 0.3) is 0 Å². The number of rotatable bonds is 11. The number of hydrogen-bond donors (Lipinski definition) is 3. The molecule has 1 unspecified atom stereocenters. The van der Waals surface area contributed by atoms with Crippen LogP contribution in [0, 0.1) is 0 Å². The fraction of sp³-hybridized carbons (Fsp3) is 0.391. The van der Waals surface area contributed by atoms with Crippen LogP contribution in [0.4, 0.5) is 5.69 Å². The second-order valence-corrected chi connectivity index (χ2v) is 6.77. The van der Waals surface area contributed by atoms with Gasteiger partial charge in [0.2, 0.25) is 5.91 Å². The predicted octanol–water partition coefficient (Wildman–Crippen LogP) is 3.60. The van der Waals surface area contributed by atoms with Crippen LogP contribution in [0.15, 0.2) is 47.6 Å². The maximum Gasteiger partial charge on any atom is 0.240 e. The molecule has 0 saturated heterocycles. The van der Waals surface area contributed by atoms with E-state index in [2.05, 4.69) is 29.3 Å². The number of hydrazone groups is 1. The Balaban J connectivity index is 1.83. The van der Waals surface area contributed by atoms with Crippen molar-refractivity contribution in [3.8, 4) is 11.5 Å². The second kappa shape index (κ2) is 11.8. The van der Waals surface area contributed by atoms with Gasteiger partial charge in [0.05, 0.1) is 18.9 Å². The summed E-state index contributed by atoms with van der Waals surface area (Å²) in [5, 5.41) is 24.3. The quantitative estimate of drug-likeness (QED) is 0.387. The minimum absolute atomic E-state index is 0.100. The van der Waals surface area contributed by atoms with E-state index >= 15 is 0 Å². The maximum atomic E-state index is 12.0. The number of carbonyl (C=O) groups is 1. The standard InChI is InChI=1S/C23H31N3O4/c1-4-26(5-2)19-10-7-18(22(28)15-19)16-24-25-23(29)14-13-21(27)17-8-11-20(12-9-17)30-6-3/h7-12,15-16,21,27-28H,4-6,13-14H2,1-3H3,(H,25,29)/b24-16-. The van der Waals surface area contributed by atoms with E-state index in [-0.39, 0.29) is 24.5 Å². The second-order valence-electron chi connectivity index (χ2n) is 6.77. The number of amides is 1. The van der Waals surface area contributed by atoms with Crippen LogP contribution in [0.5, 0.6) is 11.5 Å². The average Bonchev–Trinajstić information content (AvgIpc) is 2.75. The van der Waals surface area contributed by atoms with Crippen molar-refractivity contribution < 1.29 is 19.7 Å². The Bertz CT molecular complexity index is 833. The van der Waals surface area contributed by atoms with Crippen LogP contribution < -0.4 is 15.1 Å². The number of phenols is 1. The van der Waals surface area contributed by atoms with Crippen molar-refractivity contribution >= 4 is 17.8 Å². The lowest BCUT2D eigenvalue weighted by Crippen LogP contribution is -2.21. The first-order valence-electron chi connectivity index (χ1n) is 10.3. The largest absolute Gasteiger partial charge is 0.507 e. The Kier molecular flexibility index (Phi) is 9.15. The highest BCUT2D eigenvalue weighted by molar-refractivity contribution is 5.86. The maximum absolute atomic E-state index is 12.0. The van der Waals surface area contributed by atoms with Gasteiger partial charge in [0.1, 0.15) is 11.5 Å². The Hall–Kier alpha value is -3.06. The average molecular weight is 414 g/mol. The molecule has 0 spiro atoms. The summed E-state index contributed by atoms with van der Waals surface area (Å²) in [6.07, 6.45) is 1.06. The molecule has 3 N–H and O–H groups in total. The number of aromatic hydroxyl groups is 1. The van der Waals surface area contributed by atoms with Gasteiger partial charge >= 0.3 is 0 Å². The summed E-state index contributed by atoms with van der Waals surface area (Å²) in [6.45, 7) is 8.30. The molecule has 162 valence electrons. The number of aliphatic hydroxyl groups excluding tert-OH is 1. The Morgan fingerprint density at radius 2 is 1.87 bits per heavy atom. The molecular weight excluding hydrogens is 382 g/mol. The zero-order valence-electron chi connectivity index (χ0n) is 17.8. The molecule has 7 nitrogen and oxygen atoms in total. The van der Waals surface area contributed by atoms with Gasteiger partial charge in [0, 0.05) is 36.8 Å². The summed E-state index contributed by atoms with van der Waals surface area (Å²) < 4.78 is 5.38. The molecule has 0 radical (unpaired) electrons. The molecule has 0 saturated carbocycles. The minimum atomic E-state index is -0.743. The van der Waals surface area contributed by atoms with Crippen molar-refractivity contribution in [3.63, 3.8) is 0 Å². The molecule has 1 atom stereocenters. The normalized spacial score (nSPS) is 12.0. The summed E-state index contributed by atoms with van der Waals surface area (Å²) in [5.74, 6) is 0.535. The van der Waals surface area contributed by atoms with Gasteiger partial charge in [0.15, 0.2) is 0 Å². The van der Waals surface area contributed by atoms with Crippen LogP contribution in [0.25, 0.3) is 0 Å². The topological polar surface area (TPSA) is 94.4 Å². The lowest BCUT2D eigenvalue weighted by atomic mass is 10.0. The number of hydrogen-bond acceptors (Lipinski definition) is 6. The number of ether oxygens (including phenoxy) is 1. The van der Waals surface area contributed by atoms with Gasteiger partial charge in [-0.2, -0.15) is 5.10 Å². The van der Waals surface area contributed by atoms with Crippen LogP contribution in [0.1, 0.15) is 50.8 Å². The lowest BCUT2D eigenvalue weighted by molar-refractivity contribution is -0.121. The van der Waals surface area contributed by atoms with E-state index in [0.717, 1.165) is 30.1 Å². The molecule has 0 heterocycles. The fourth-order valence-corrected chi connectivity index (χ4v) is 3.04. The highest BCUT2D eigenvalue weighted by Crippen LogP contribution is 2.24. The Labute approximate surface area is 178 Å². The summed E-state index contributed by atoms with van der Waals surface area (Å²) >= 11 is 0. The van der Waals surface area contributed by atoms with Gasteiger partial charge in [-0.15, -0.1) is 0 Å². The number of benzene rings is 2. The van der Waals surface area contributed by atoms with Crippen molar-refractivity contribution in [2.75, 3.05) is 24.6 Å². The van der Waals surface area contributed by atoms with E-state index in [1.165, 1.54) is 6.21 Å². The zero-order chi connectivity index (χ0) is 21.9. The number of phenolic OH excluding ortho intramolecular Hbond substituents is 1. The van der Waals surface area contributed by atoms with E-state index in [1.54, 1.807) is 36.4 Å². The minimum Gasteiger partial charge on any atom is -0.507 e. The lowest BCUT2D eigenvalue weighted by Gasteiger charge is -2.21. The predicted molar refractivity (Wildman–Crippen MR) is 119 cm³/mol. The van der Waals surface area contributed by atoms with Gasteiger partial charge in [-0.1, -0.05) is 12.1 Å². The number of nitrogens with zero attached hydrogens (tertiary/aromatic N) is 2. The molecule has 0 aromatic heterocycles. The highest BCUT2D eigenvalue weighted by atomic mass is 16.5. The molecule has 30 heavy (non-hydrogen) atoms. The van der Waals surface area contributed by atoms with Crippen molar-refractivity contribution in [3.05, 3.63) is 53.6 Å². The monoisotopic (exact) mass is 413 g/mol. The third-order valence-corrected chi connectivity index (χ3v) is 4.76. The molecule has 1 amide bonds. The first kappa shape index (κ1) is 23.2. The summed E-state index contributed by atoms with van der Waals surface area (Å²) in [5.41, 5.74) is 4.61. The van der Waals surface area contributed by atoms with E-state index in [0.29, 0.717) is 12.2 Å². The molecule has 0 bridgehead atoms. The van der Waals surface area contributed by atoms with Gasteiger partial charge in [-0.3, -0.25) is 4.79 Å². The van der Waals surface area contributed by atoms with E-state index in [1.807, 2.05) is 13.0 Å². The highest BCUT2D eigenvalue weighted by Gasteiger charge is 2.11. The van der Waals surface area contributed by atoms with Crippen molar-refractivity contribution in [2.45, 2.75) is 39.7 Å². The molecule has 0 fully saturated rings. The van der Waals surface area contributed by atoms with E-state index in [9.17, 15) is 15.0 Å². The Morgan fingerprint density at radius 1 is 1.17 bits per heavy atom. The molecule has 2 rings (SSSR count). The van der Waals surface area contributed by atoms with Crippen LogP contribution in [0.2, 0.25) is 0 Å². The first-order valence-corrected chi connectivity index (χ1v) is 10.3. The van der Waals surface area contributed by atoms with E-state index in [4.69, 9.17) is 4.74 Å². The van der Waals surface area contributed by atoms with Crippen LogP contribution in [-0.4, -0.2) is 42.0 Å². The molecule has 7 heteroatoms. The smallest absolute Gasteiger partial charge is 0.240 e. The summed E-state index contributed by atoms with van der Waals surface area (Å²) in [4.78, 5) is 14.1. The number of aliphatic hydroxyl groups is 1. The molecule has 2 aromatic carbocycles. The number of nitrogens with one attached hydrogen (secondary N) is 1. The van der Waals surface area contributed by atoms with Crippen LogP contribution >= 0.6 is 0 Å². The summed E-state index contributed by atoms with van der Waals surface area (Å²) in [7, 11) is 0. The molecule has 0 aliphatic rings. The van der Waals surface area contributed by atoms with Gasteiger partial charge in [-0.25, -0.2) is 5.43 Å². The zero-order valence-corrected chi connectivity index (χ0v) is 17.8. The van der Waals surface area contributed by atoms with Crippen LogP contribution in [0.3, 0.4) is 0 Å². The molecular formula is C23H31N3O4. The van der Waals surface area contributed by atoms with Crippen molar-refractivity contribution in [2.24, 2.45) is 5.10 Å². The molecule has 0 aliphatic heterocycles. The van der Waals surface area contributed by atoms with Gasteiger partial charge in [-0.05, 0) is 57.0 Å². The molecule has 2 aromatic rings. The van der Waals surface area contributed by atoms with Crippen molar-refractivity contribution in [1.29, 1.82) is 0 Å². The SMILES string of the molecule is CCOc1ccc(C(O)CCC(=O)N/N=C\c2ccc(N(CC)CC)cc2O)cc1. The first-order chi connectivity index (χ1) is 14.5. The number of anilines is 1. The number of carbonyl (C=O) groups excluding carboxylic acids is 1. The fourth-order valence-electron chi connectivity index (χ4n) is 3.04. The van der Waals surface area contributed by atoms with Crippen molar-refractivity contribution in [1.82, 2.24) is 5.43 Å². The van der Waals surface area contributed by atoms with E-state index < -0.39 is 6.10 Å². The van der Waals surface area contributed by atoms with Gasteiger partial charge < -0.3 is 19.8 Å². The third-order valence-electron chi connectivity index (χ3n) is 4.76. The Morgan fingerprint density at radius 3 is 2.47 bits per heavy atom. The summed E-state index contributed by atoms with van der Waals surface area (Å²) in [6, 6.07) is 12.5.